The average Bonchev–Trinajstić information content (AvgIpc) is 2.82. The van der Waals surface area contributed by atoms with Crippen molar-refractivity contribution in [2.45, 2.75) is 51.0 Å². The van der Waals surface area contributed by atoms with E-state index in [1.807, 2.05) is 0 Å². The molecule has 0 aliphatic carbocycles. The van der Waals surface area contributed by atoms with E-state index in [0.717, 1.165) is 19.4 Å². The number of rotatable bonds is 4. The van der Waals surface area contributed by atoms with Crippen molar-refractivity contribution in [1.82, 2.24) is 0 Å². The van der Waals surface area contributed by atoms with Gasteiger partial charge in [-0.15, -0.1) is 0 Å². The summed E-state index contributed by atoms with van der Waals surface area (Å²) in [4.78, 5) is 0.533. The van der Waals surface area contributed by atoms with E-state index in [2.05, 4.69) is 54.9 Å². The van der Waals surface area contributed by atoms with Crippen LogP contribution in [0.1, 0.15) is 36.5 Å². The van der Waals surface area contributed by atoms with Gasteiger partial charge >= 0.3 is 0 Å². The summed E-state index contributed by atoms with van der Waals surface area (Å²) in [5.74, 6) is 0.662. The van der Waals surface area contributed by atoms with Gasteiger partial charge in [-0.05, 0) is 44.2 Å². The molecule has 0 bridgehead atoms. The molecule has 0 amide bonds. The lowest BCUT2D eigenvalue weighted by atomic mass is 9.90. The van der Waals surface area contributed by atoms with Gasteiger partial charge in [0.15, 0.2) is 0 Å². The molecule has 3 unspecified atom stereocenters. The maximum atomic E-state index is 5.80. The van der Waals surface area contributed by atoms with Crippen LogP contribution in [-0.2, 0) is 11.2 Å². The first kappa shape index (κ1) is 14.1. The van der Waals surface area contributed by atoms with Gasteiger partial charge in [0, 0.05) is 17.4 Å². The van der Waals surface area contributed by atoms with Crippen molar-refractivity contribution >= 4 is 15.9 Å². The molecular formula is C16H23BrO. The highest BCUT2D eigenvalue weighted by molar-refractivity contribution is 9.09. The zero-order valence-corrected chi connectivity index (χ0v) is 13.2. The van der Waals surface area contributed by atoms with Crippen molar-refractivity contribution in [2.75, 3.05) is 6.61 Å². The van der Waals surface area contributed by atoms with Gasteiger partial charge in [0.2, 0.25) is 0 Å². The lowest BCUT2D eigenvalue weighted by molar-refractivity contribution is 0.0873. The van der Waals surface area contributed by atoms with Gasteiger partial charge in [-0.1, -0.05) is 46.6 Å². The summed E-state index contributed by atoms with van der Waals surface area (Å²) in [5, 5.41) is 0. The molecule has 2 heteroatoms. The van der Waals surface area contributed by atoms with Crippen LogP contribution in [0.15, 0.2) is 18.2 Å². The van der Waals surface area contributed by atoms with Gasteiger partial charge in [-0.2, -0.15) is 0 Å². The summed E-state index contributed by atoms with van der Waals surface area (Å²) < 4.78 is 5.80. The molecule has 2 rings (SSSR count). The van der Waals surface area contributed by atoms with Gasteiger partial charge in [-0.3, -0.25) is 0 Å². The minimum absolute atomic E-state index is 0.444. The number of benzene rings is 1. The highest BCUT2D eigenvalue weighted by atomic mass is 79.9. The van der Waals surface area contributed by atoms with Gasteiger partial charge in [-0.25, -0.2) is 0 Å². The van der Waals surface area contributed by atoms with Crippen molar-refractivity contribution in [3.05, 3.63) is 34.9 Å². The smallest absolute Gasteiger partial charge is 0.0612 e. The number of ether oxygens (including phenoxy) is 1. The van der Waals surface area contributed by atoms with Gasteiger partial charge < -0.3 is 4.74 Å². The third-order valence-corrected chi connectivity index (χ3v) is 5.05. The number of hydrogen-bond acceptors (Lipinski definition) is 1. The molecule has 0 radical (unpaired) electrons. The summed E-state index contributed by atoms with van der Waals surface area (Å²) in [6.45, 7) is 7.52. The highest BCUT2D eigenvalue weighted by Crippen LogP contribution is 2.32. The van der Waals surface area contributed by atoms with Gasteiger partial charge in [0.25, 0.3) is 0 Å². The fourth-order valence-electron chi connectivity index (χ4n) is 2.88. The third kappa shape index (κ3) is 3.16. The van der Waals surface area contributed by atoms with Crippen LogP contribution in [0, 0.1) is 19.8 Å². The van der Waals surface area contributed by atoms with Crippen LogP contribution in [0.3, 0.4) is 0 Å². The summed E-state index contributed by atoms with van der Waals surface area (Å²) in [6.07, 6.45) is 3.87. The van der Waals surface area contributed by atoms with E-state index >= 15 is 0 Å². The van der Waals surface area contributed by atoms with Crippen LogP contribution in [0.5, 0.6) is 0 Å². The standard InChI is InChI=1S/C16H23BrO/c1-4-16-14(7-8-18-16)15(17)10-13-9-11(2)5-6-12(13)3/h5-6,9,14-16H,4,7-8,10H2,1-3H3. The van der Waals surface area contributed by atoms with Crippen LogP contribution < -0.4 is 0 Å². The molecule has 1 aliphatic heterocycles. The number of alkyl halides is 1. The van der Waals surface area contributed by atoms with Crippen molar-refractivity contribution < 1.29 is 4.74 Å². The van der Waals surface area contributed by atoms with E-state index in [9.17, 15) is 0 Å². The average molecular weight is 311 g/mol. The van der Waals surface area contributed by atoms with E-state index in [-0.39, 0.29) is 0 Å². The zero-order valence-electron chi connectivity index (χ0n) is 11.6. The summed E-state index contributed by atoms with van der Waals surface area (Å²) in [6, 6.07) is 6.74. The quantitative estimate of drug-likeness (QED) is 0.748. The summed E-state index contributed by atoms with van der Waals surface area (Å²) in [5.41, 5.74) is 4.22. The van der Waals surface area contributed by atoms with E-state index in [0.29, 0.717) is 16.8 Å². The van der Waals surface area contributed by atoms with Crippen molar-refractivity contribution in [3.63, 3.8) is 0 Å². The first-order valence-corrected chi connectivity index (χ1v) is 7.85. The fourth-order valence-corrected chi connectivity index (χ4v) is 3.83. The van der Waals surface area contributed by atoms with E-state index in [4.69, 9.17) is 4.74 Å². The first-order valence-electron chi connectivity index (χ1n) is 6.93. The third-order valence-electron chi connectivity index (χ3n) is 4.05. The van der Waals surface area contributed by atoms with Crippen molar-refractivity contribution in [3.8, 4) is 0 Å². The SMILES string of the molecule is CCC1OCCC1C(Br)Cc1cc(C)ccc1C. The largest absolute Gasteiger partial charge is 0.378 e. The Morgan fingerprint density at radius 3 is 2.89 bits per heavy atom. The number of hydrogen-bond donors (Lipinski definition) is 0. The monoisotopic (exact) mass is 310 g/mol. The lowest BCUT2D eigenvalue weighted by Gasteiger charge is -2.23. The Bertz CT molecular complexity index is 402. The second-order valence-corrected chi connectivity index (χ2v) is 6.60. The number of halogens is 1. The Morgan fingerprint density at radius 2 is 2.17 bits per heavy atom. The molecular weight excluding hydrogens is 288 g/mol. The van der Waals surface area contributed by atoms with Crippen LogP contribution in [0.4, 0.5) is 0 Å². The molecule has 0 N–H and O–H groups in total. The molecule has 1 aromatic rings. The lowest BCUT2D eigenvalue weighted by Crippen LogP contribution is -2.25. The Labute approximate surface area is 119 Å². The van der Waals surface area contributed by atoms with Crippen LogP contribution in [0.25, 0.3) is 0 Å². The Balaban J connectivity index is 2.06. The van der Waals surface area contributed by atoms with Gasteiger partial charge in [0.1, 0.15) is 0 Å². The molecule has 1 fully saturated rings. The molecule has 18 heavy (non-hydrogen) atoms. The zero-order chi connectivity index (χ0) is 13.1. The predicted molar refractivity (Wildman–Crippen MR) is 80.5 cm³/mol. The van der Waals surface area contributed by atoms with E-state index in [1.54, 1.807) is 0 Å². The fraction of sp³-hybridized carbons (Fsp3) is 0.625. The topological polar surface area (TPSA) is 9.23 Å². The highest BCUT2D eigenvalue weighted by Gasteiger charge is 2.32. The second kappa shape index (κ2) is 6.21. The Morgan fingerprint density at radius 1 is 1.39 bits per heavy atom. The molecule has 1 aliphatic rings. The van der Waals surface area contributed by atoms with Crippen LogP contribution in [0.2, 0.25) is 0 Å². The molecule has 100 valence electrons. The molecule has 0 aromatic heterocycles. The van der Waals surface area contributed by atoms with E-state index in [1.165, 1.54) is 23.1 Å². The second-order valence-electron chi connectivity index (χ2n) is 5.42. The molecule has 1 aromatic carbocycles. The van der Waals surface area contributed by atoms with E-state index < -0.39 is 0 Å². The maximum Gasteiger partial charge on any atom is 0.0612 e. The first-order chi connectivity index (χ1) is 8.61. The Kier molecular flexibility index (Phi) is 4.85. The molecule has 1 saturated heterocycles. The van der Waals surface area contributed by atoms with Crippen molar-refractivity contribution in [2.24, 2.45) is 5.92 Å². The molecule has 3 atom stereocenters. The summed E-state index contributed by atoms with van der Waals surface area (Å²) in [7, 11) is 0. The minimum atomic E-state index is 0.444. The minimum Gasteiger partial charge on any atom is -0.378 e. The molecule has 0 spiro atoms. The molecule has 1 heterocycles. The predicted octanol–water partition coefficient (Wildman–Crippen LogP) is 4.42. The number of aryl methyl sites for hydroxylation is 2. The normalized spacial score (nSPS) is 25.3. The molecule has 1 nitrogen and oxygen atoms in total. The summed E-state index contributed by atoms with van der Waals surface area (Å²) >= 11 is 3.90. The molecule has 0 saturated carbocycles. The Hall–Kier alpha value is -0.340. The van der Waals surface area contributed by atoms with Crippen LogP contribution >= 0.6 is 15.9 Å². The maximum absolute atomic E-state index is 5.80. The van der Waals surface area contributed by atoms with Crippen LogP contribution in [-0.4, -0.2) is 17.5 Å². The van der Waals surface area contributed by atoms with Gasteiger partial charge in [0.05, 0.1) is 6.10 Å². The van der Waals surface area contributed by atoms with Crippen molar-refractivity contribution in [1.29, 1.82) is 0 Å².